The molecule has 1 saturated carbocycles. The number of ether oxygens (including phenoxy) is 1. The van der Waals surface area contributed by atoms with Crippen LogP contribution in [0.15, 0.2) is 24.3 Å². The molecule has 0 aliphatic heterocycles. The Bertz CT molecular complexity index is 320. The largest absolute Gasteiger partial charge is 0.494 e. The Morgan fingerprint density at radius 2 is 2.00 bits per heavy atom. The van der Waals surface area contributed by atoms with E-state index in [9.17, 15) is 0 Å². The van der Waals surface area contributed by atoms with Crippen LogP contribution in [0.25, 0.3) is 0 Å². The summed E-state index contributed by atoms with van der Waals surface area (Å²) in [7, 11) is 0. The predicted molar refractivity (Wildman–Crippen MR) is 71.5 cm³/mol. The SMILES string of the molecule is CCCOc1ccc(C2CCC(Br)C2)cc1. The summed E-state index contributed by atoms with van der Waals surface area (Å²) in [6.45, 7) is 2.94. The van der Waals surface area contributed by atoms with E-state index in [1.165, 1.54) is 24.8 Å². The van der Waals surface area contributed by atoms with Gasteiger partial charge in [-0.15, -0.1) is 0 Å². The van der Waals surface area contributed by atoms with E-state index in [0.717, 1.165) is 24.7 Å². The fourth-order valence-electron chi connectivity index (χ4n) is 2.29. The molecule has 1 nitrogen and oxygen atoms in total. The van der Waals surface area contributed by atoms with Gasteiger partial charge in [-0.2, -0.15) is 0 Å². The first kappa shape index (κ1) is 12.0. The lowest BCUT2D eigenvalue weighted by Crippen LogP contribution is -1.97. The summed E-state index contributed by atoms with van der Waals surface area (Å²) in [5, 5.41) is 0. The average Bonchev–Trinajstić information content (AvgIpc) is 2.74. The lowest BCUT2D eigenvalue weighted by atomic mass is 9.98. The van der Waals surface area contributed by atoms with Crippen LogP contribution in [0.4, 0.5) is 0 Å². The first-order valence-electron chi connectivity index (χ1n) is 6.16. The third kappa shape index (κ3) is 3.00. The van der Waals surface area contributed by atoms with Crippen molar-refractivity contribution in [2.45, 2.75) is 43.4 Å². The molecule has 0 bridgehead atoms. The highest BCUT2D eigenvalue weighted by Gasteiger charge is 2.23. The molecule has 0 amide bonds. The van der Waals surface area contributed by atoms with Crippen LogP contribution in [-0.4, -0.2) is 11.4 Å². The number of benzene rings is 1. The molecule has 2 unspecified atom stereocenters. The molecule has 0 spiro atoms. The van der Waals surface area contributed by atoms with E-state index < -0.39 is 0 Å². The van der Waals surface area contributed by atoms with Gasteiger partial charge in [-0.1, -0.05) is 35.0 Å². The highest BCUT2D eigenvalue weighted by Crippen LogP contribution is 2.38. The molecule has 2 rings (SSSR count). The lowest BCUT2D eigenvalue weighted by molar-refractivity contribution is 0.317. The molecule has 0 radical (unpaired) electrons. The molecule has 1 fully saturated rings. The van der Waals surface area contributed by atoms with E-state index in [-0.39, 0.29) is 0 Å². The summed E-state index contributed by atoms with van der Waals surface area (Å²) in [6, 6.07) is 8.65. The van der Waals surface area contributed by atoms with Crippen molar-refractivity contribution >= 4 is 15.9 Å². The van der Waals surface area contributed by atoms with Gasteiger partial charge in [0.05, 0.1) is 6.61 Å². The zero-order valence-corrected chi connectivity index (χ0v) is 11.4. The molecule has 1 aromatic rings. The molecular formula is C14H19BrO. The van der Waals surface area contributed by atoms with Gasteiger partial charge in [0, 0.05) is 4.83 Å². The first-order valence-corrected chi connectivity index (χ1v) is 7.08. The smallest absolute Gasteiger partial charge is 0.119 e. The van der Waals surface area contributed by atoms with Crippen molar-refractivity contribution in [3.8, 4) is 5.75 Å². The molecule has 2 atom stereocenters. The third-order valence-corrected chi connectivity index (χ3v) is 4.02. The standard InChI is InChI=1S/C14H19BrO/c1-2-9-16-14-7-4-11(5-8-14)12-3-6-13(15)10-12/h4-5,7-8,12-13H,2-3,6,9-10H2,1H3. The third-order valence-electron chi connectivity index (χ3n) is 3.19. The van der Waals surface area contributed by atoms with E-state index in [1.807, 2.05) is 0 Å². The summed E-state index contributed by atoms with van der Waals surface area (Å²) < 4.78 is 5.58. The highest BCUT2D eigenvalue weighted by atomic mass is 79.9. The Labute approximate surface area is 106 Å². The molecular weight excluding hydrogens is 264 g/mol. The maximum atomic E-state index is 5.58. The minimum atomic E-state index is 0.716. The Hall–Kier alpha value is -0.500. The second-order valence-corrected chi connectivity index (χ2v) is 5.82. The minimum absolute atomic E-state index is 0.716. The van der Waals surface area contributed by atoms with Gasteiger partial charge in [0.2, 0.25) is 0 Å². The van der Waals surface area contributed by atoms with E-state index in [1.54, 1.807) is 0 Å². The maximum Gasteiger partial charge on any atom is 0.119 e. The highest BCUT2D eigenvalue weighted by molar-refractivity contribution is 9.09. The topological polar surface area (TPSA) is 9.23 Å². The van der Waals surface area contributed by atoms with Gasteiger partial charge in [-0.25, -0.2) is 0 Å². The van der Waals surface area contributed by atoms with Crippen LogP contribution in [-0.2, 0) is 0 Å². The average molecular weight is 283 g/mol. The summed E-state index contributed by atoms with van der Waals surface area (Å²) >= 11 is 3.70. The Balaban J connectivity index is 1.96. The minimum Gasteiger partial charge on any atom is -0.494 e. The van der Waals surface area contributed by atoms with Gasteiger partial charge >= 0.3 is 0 Å². The van der Waals surface area contributed by atoms with E-state index in [4.69, 9.17) is 4.74 Å². The van der Waals surface area contributed by atoms with Gasteiger partial charge in [-0.05, 0) is 49.3 Å². The summed E-state index contributed by atoms with van der Waals surface area (Å²) in [5.41, 5.74) is 1.46. The normalized spacial score (nSPS) is 24.6. The number of alkyl halides is 1. The predicted octanol–water partition coefficient (Wildman–Crippen LogP) is 4.51. The van der Waals surface area contributed by atoms with Crippen LogP contribution in [0.2, 0.25) is 0 Å². The maximum absolute atomic E-state index is 5.58. The van der Waals surface area contributed by atoms with Crippen LogP contribution in [0.1, 0.15) is 44.1 Å². The summed E-state index contributed by atoms with van der Waals surface area (Å²) in [4.78, 5) is 0.716. The van der Waals surface area contributed by atoms with Gasteiger partial charge in [0.25, 0.3) is 0 Å². The molecule has 1 aromatic carbocycles. The van der Waals surface area contributed by atoms with E-state index >= 15 is 0 Å². The number of halogens is 1. The van der Waals surface area contributed by atoms with Gasteiger partial charge < -0.3 is 4.74 Å². The fourth-order valence-corrected chi connectivity index (χ4v) is 3.00. The molecule has 0 N–H and O–H groups in total. The van der Waals surface area contributed by atoms with Crippen LogP contribution >= 0.6 is 15.9 Å². The molecule has 0 saturated heterocycles. The Kier molecular flexibility index (Phi) is 4.28. The second-order valence-electron chi connectivity index (χ2n) is 4.52. The van der Waals surface area contributed by atoms with E-state index in [2.05, 4.69) is 47.1 Å². The molecule has 88 valence electrons. The van der Waals surface area contributed by atoms with Gasteiger partial charge in [-0.3, -0.25) is 0 Å². The molecule has 16 heavy (non-hydrogen) atoms. The molecule has 1 aliphatic carbocycles. The first-order chi connectivity index (χ1) is 7.79. The van der Waals surface area contributed by atoms with Crippen molar-refractivity contribution in [3.63, 3.8) is 0 Å². The van der Waals surface area contributed by atoms with Crippen LogP contribution in [0.5, 0.6) is 5.75 Å². The number of hydrogen-bond donors (Lipinski definition) is 0. The monoisotopic (exact) mass is 282 g/mol. The molecule has 0 aromatic heterocycles. The zero-order valence-electron chi connectivity index (χ0n) is 9.79. The zero-order chi connectivity index (χ0) is 11.4. The van der Waals surface area contributed by atoms with Crippen molar-refractivity contribution in [1.82, 2.24) is 0 Å². The van der Waals surface area contributed by atoms with Crippen molar-refractivity contribution < 1.29 is 4.74 Å². The molecule has 1 aliphatic rings. The lowest BCUT2D eigenvalue weighted by Gasteiger charge is -2.11. The summed E-state index contributed by atoms with van der Waals surface area (Å²) in [6.07, 6.45) is 4.95. The quantitative estimate of drug-likeness (QED) is 0.739. The van der Waals surface area contributed by atoms with Gasteiger partial charge in [0.1, 0.15) is 5.75 Å². The van der Waals surface area contributed by atoms with Crippen molar-refractivity contribution in [2.75, 3.05) is 6.61 Å². The molecule has 0 heterocycles. The molecule has 2 heteroatoms. The Morgan fingerprint density at radius 3 is 2.56 bits per heavy atom. The fraction of sp³-hybridized carbons (Fsp3) is 0.571. The van der Waals surface area contributed by atoms with Crippen molar-refractivity contribution in [1.29, 1.82) is 0 Å². The van der Waals surface area contributed by atoms with Crippen LogP contribution in [0, 0.1) is 0 Å². The Morgan fingerprint density at radius 1 is 1.25 bits per heavy atom. The van der Waals surface area contributed by atoms with Crippen molar-refractivity contribution in [3.05, 3.63) is 29.8 Å². The van der Waals surface area contributed by atoms with Crippen molar-refractivity contribution in [2.24, 2.45) is 0 Å². The second kappa shape index (κ2) is 5.72. The number of rotatable bonds is 4. The summed E-state index contributed by atoms with van der Waals surface area (Å²) in [5.74, 6) is 1.74. The van der Waals surface area contributed by atoms with Crippen LogP contribution < -0.4 is 4.74 Å². The van der Waals surface area contributed by atoms with Gasteiger partial charge in [0.15, 0.2) is 0 Å². The van der Waals surface area contributed by atoms with E-state index in [0.29, 0.717) is 4.83 Å². The van der Waals surface area contributed by atoms with Crippen LogP contribution in [0.3, 0.4) is 0 Å². The number of hydrogen-bond acceptors (Lipinski definition) is 1.